The number of aromatic nitrogens is 2. The van der Waals surface area contributed by atoms with Gasteiger partial charge >= 0.3 is 0 Å². The van der Waals surface area contributed by atoms with Gasteiger partial charge in [-0.05, 0) is 24.1 Å². The van der Waals surface area contributed by atoms with Gasteiger partial charge in [-0.25, -0.2) is 4.98 Å². The van der Waals surface area contributed by atoms with Gasteiger partial charge in [0.1, 0.15) is 11.4 Å². The Hall–Kier alpha value is -2.77. The lowest BCUT2D eigenvalue weighted by atomic mass is 10.0. The molecule has 1 amide bonds. The van der Waals surface area contributed by atoms with E-state index in [0.717, 1.165) is 24.4 Å². The molecule has 7 heteroatoms. The van der Waals surface area contributed by atoms with Crippen molar-refractivity contribution < 1.29 is 14.6 Å². The first-order valence-electron chi connectivity index (χ1n) is 8.93. The quantitative estimate of drug-likeness (QED) is 0.801. The van der Waals surface area contributed by atoms with Crippen LogP contribution in [0.25, 0.3) is 6.08 Å². The average Bonchev–Trinajstić information content (AvgIpc) is 2.71. The highest BCUT2D eigenvalue weighted by Crippen LogP contribution is 2.14. The molecule has 0 bridgehead atoms. The summed E-state index contributed by atoms with van der Waals surface area (Å²) in [5, 5.41) is 13.2. The minimum absolute atomic E-state index is 0.259. The number of likely N-dealkylation sites (tertiary alicyclic amines) is 1. The SMILES string of the molecule is COc1ccc(C=CCN2CC[C@@H](NC(=O)c3cnccn3)[C@H](O)C2)cc1. The number of benzene rings is 1. The Bertz CT molecular complexity index is 765. The Morgan fingerprint density at radius 1 is 1.37 bits per heavy atom. The van der Waals surface area contributed by atoms with Crippen molar-refractivity contribution in [2.45, 2.75) is 18.6 Å². The molecule has 0 spiro atoms. The zero-order valence-electron chi connectivity index (χ0n) is 15.3. The molecule has 1 saturated heterocycles. The van der Waals surface area contributed by atoms with E-state index in [0.29, 0.717) is 13.0 Å². The topological polar surface area (TPSA) is 87.6 Å². The Morgan fingerprint density at radius 3 is 2.85 bits per heavy atom. The number of nitrogens with one attached hydrogen (secondary N) is 1. The fraction of sp³-hybridized carbons (Fsp3) is 0.350. The van der Waals surface area contributed by atoms with E-state index in [2.05, 4.69) is 26.3 Å². The fourth-order valence-electron chi connectivity index (χ4n) is 3.04. The van der Waals surface area contributed by atoms with Crippen molar-refractivity contribution in [2.75, 3.05) is 26.7 Å². The number of rotatable bonds is 6. The van der Waals surface area contributed by atoms with Crippen LogP contribution in [0.5, 0.6) is 5.75 Å². The number of carbonyl (C=O) groups excluding carboxylic acids is 1. The summed E-state index contributed by atoms with van der Waals surface area (Å²) in [6.45, 7) is 2.06. The van der Waals surface area contributed by atoms with Crippen LogP contribution in [0.2, 0.25) is 0 Å². The van der Waals surface area contributed by atoms with Gasteiger partial charge in [-0.15, -0.1) is 0 Å². The number of β-amino-alcohol motifs (C(OH)–C–C–N with tert-alkyl or cyclic N) is 1. The molecule has 142 valence electrons. The second-order valence-electron chi connectivity index (χ2n) is 6.46. The van der Waals surface area contributed by atoms with Gasteiger partial charge < -0.3 is 15.2 Å². The molecular weight excluding hydrogens is 344 g/mol. The molecule has 0 unspecified atom stereocenters. The van der Waals surface area contributed by atoms with E-state index in [9.17, 15) is 9.90 Å². The lowest BCUT2D eigenvalue weighted by Crippen LogP contribution is -2.54. The molecule has 1 fully saturated rings. The fourth-order valence-corrected chi connectivity index (χ4v) is 3.04. The Balaban J connectivity index is 1.46. The summed E-state index contributed by atoms with van der Waals surface area (Å²) < 4.78 is 5.15. The number of amides is 1. The average molecular weight is 368 g/mol. The molecule has 1 aliphatic rings. The van der Waals surface area contributed by atoms with Gasteiger partial charge in [-0.2, -0.15) is 0 Å². The number of nitrogens with zero attached hydrogens (tertiary/aromatic N) is 3. The molecule has 3 rings (SSSR count). The van der Waals surface area contributed by atoms with E-state index in [1.54, 1.807) is 7.11 Å². The largest absolute Gasteiger partial charge is 0.497 e. The van der Waals surface area contributed by atoms with Gasteiger partial charge in [0.2, 0.25) is 0 Å². The molecule has 1 aromatic carbocycles. The van der Waals surface area contributed by atoms with E-state index in [1.807, 2.05) is 30.3 Å². The monoisotopic (exact) mass is 368 g/mol. The van der Waals surface area contributed by atoms with E-state index in [-0.39, 0.29) is 17.6 Å². The van der Waals surface area contributed by atoms with Crippen LogP contribution in [0, 0.1) is 0 Å². The molecule has 1 aliphatic heterocycles. The van der Waals surface area contributed by atoms with E-state index >= 15 is 0 Å². The number of hydrogen-bond acceptors (Lipinski definition) is 6. The first-order valence-corrected chi connectivity index (χ1v) is 8.93. The van der Waals surface area contributed by atoms with Crippen LogP contribution < -0.4 is 10.1 Å². The Kier molecular flexibility index (Phi) is 6.51. The third-order valence-corrected chi connectivity index (χ3v) is 4.57. The summed E-state index contributed by atoms with van der Waals surface area (Å²) >= 11 is 0. The van der Waals surface area contributed by atoms with Crippen LogP contribution in [0.4, 0.5) is 0 Å². The molecule has 2 N–H and O–H groups in total. The number of aliphatic hydroxyl groups excluding tert-OH is 1. The number of ether oxygens (including phenoxy) is 1. The van der Waals surface area contributed by atoms with Crippen LogP contribution >= 0.6 is 0 Å². The normalized spacial score (nSPS) is 20.5. The zero-order valence-corrected chi connectivity index (χ0v) is 15.3. The summed E-state index contributed by atoms with van der Waals surface area (Å²) in [7, 11) is 1.65. The Labute approximate surface area is 158 Å². The zero-order chi connectivity index (χ0) is 19.1. The highest BCUT2D eigenvalue weighted by atomic mass is 16.5. The molecule has 0 radical (unpaired) electrons. The summed E-state index contributed by atoms with van der Waals surface area (Å²) in [6.07, 6.45) is 8.60. The minimum Gasteiger partial charge on any atom is -0.497 e. The number of carbonyl (C=O) groups is 1. The minimum atomic E-state index is -0.617. The first-order chi connectivity index (χ1) is 13.2. The highest BCUT2D eigenvalue weighted by molar-refractivity contribution is 5.92. The maximum absolute atomic E-state index is 12.2. The highest BCUT2D eigenvalue weighted by Gasteiger charge is 2.28. The summed E-state index contributed by atoms with van der Waals surface area (Å²) in [6, 6.07) is 7.57. The second kappa shape index (κ2) is 9.25. The van der Waals surface area contributed by atoms with Crippen LogP contribution in [0.1, 0.15) is 22.5 Å². The van der Waals surface area contributed by atoms with Gasteiger partial charge in [-0.3, -0.25) is 14.7 Å². The van der Waals surface area contributed by atoms with Gasteiger partial charge in [0.15, 0.2) is 0 Å². The second-order valence-corrected chi connectivity index (χ2v) is 6.46. The van der Waals surface area contributed by atoms with E-state index in [1.165, 1.54) is 18.6 Å². The predicted molar refractivity (Wildman–Crippen MR) is 102 cm³/mol. The van der Waals surface area contributed by atoms with Crippen molar-refractivity contribution in [3.63, 3.8) is 0 Å². The number of methoxy groups -OCH3 is 1. The van der Waals surface area contributed by atoms with Crippen molar-refractivity contribution >= 4 is 12.0 Å². The molecule has 0 saturated carbocycles. The summed E-state index contributed by atoms with van der Waals surface area (Å²) in [5.74, 6) is 0.529. The van der Waals surface area contributed by atoms with Gasteiger partial charge in [0.05, 0.1) is 25.5 Å². The third kappa shape index (κ3) is 5.35. The van der Waals surface area contributed by atoms with E-state index < -0.39 is 6.10 Å². The number of aliphatic hydroxyl groups is 1. The Morgan fingerprint density at radius 2 is 2.19 bits per heavy atom. The van der Waals surface area contributed by atoms with Crippen LogP contribution in [-0.4, -0.2) is 64.8 Å². The molecule has 2 heterocycles. The molecule has 7 nitrogen and oxygen atoms in total. The maximum atomic E-state index is 12.2. The van der Waals surface area contributed by atoms with Crippen LogP contribution in [-0.2, 0) is 0 Å². The smallest absolute Gasteiger partial charge is 0.271 e. The molecular formula is C20H24N4O3. The molecule has 2 aromatic rings. The van der Waals surface area contributed by atoms with Crippen LogP contribution in [0.15, 0.2) is 48.9 Å². The van der Waals surface area contributed by atoms with Crippen molar-refractivity contribution in [1.82, 2.24) is 20.2 Å². The van der Waals surface area contributed by atoms with Crippen molar-refractivity contribution in [3.8, 4) is 5.75 Å². The van der Waals surface area contributed by atoms with Crippen molar-refractivity contribution in [2.24, 2.45) is 0 Å². The summed E-state index contributed by atoms with van der Waals surface area (Å²) in [5.41, 5.74) is 1.36. The van der Waals surface area contributed by atoms with Crippen LogP contribution in [0.3, 0.4) is 0 Å². The summed E-state index contributed by atoms with van der Waals surface area (Å²) in [4.78, 5) is 22.2. The van der Waals surface area contributed by atoms with Gasteiger partial charge in [0.25, 0.3) is 5.91 Å². The third-order valence-electron chi connectivity index (χ3n) is 4.57. The predicted octanol–water partition coefficient (Wildman–Crippen LogP) is 1.36. The number of piperidine rings is 1. The lowest BCUT2D eigenvalue weighted by molar-refractivity contribution is 0.0421. The first kappa shape index (κ1) is 19.0. The van der Waals surface area contributed by atoms with Gasteiger partial charge in [-0.1, -0.05) is 24.3 Å². The standard InChI is InChI=1S/C20H24N4O3/c1-27-16-6-4-15(5-7-16)3-2-11-24-12-8-17(19(25)14-24)23-20(26)18-13-21-9-10-22-18/h2-7,9-10,13,17,19,25H,8,11-12,14H2,1H3,(H,23,26)/t17-,19-/m1/s1. The van der Waals surface area contributed by atoms with Gasteiger partial charge in [0, 0.05) is 32.0 Å². The molecule has 27 heavy (non-hydrogen) atoms. The lowest BCUT2D eigenvalue weighted by Gasteiger charge is -2.35. The molecule has 0 aliphatic carbocycles. The van der Waals surface area contributed by atoms with E-state index in [4.69, 9.17) is 4.74 Å². The molecule has 1 aromatic heterocycles. The molecule has 2 atom stereocenters. The number of hydrogen-bond donors (Lipinski definition) is 2. The maximum Gasteiger partial charge on any atom is 0.271 e. The van der Waals surface area contributed by atoms with Crippen molar-refractivity contribution in [1.29, 1.82) is 0 Å². The van der Waals surface area contributed by atoms with Crippen molar-refractivity contribution in [3.05, 3.63) is 60.2 Å².